The third-order valence-electron chi connectivity index (χ3n) is 1.95. The standard InChI is InChI=1S/C8H12N6O/c1-15-3-2-13-14-5-12-6-7(9)10-4-11-8(6)14/h4-5,13H,2-3H2,1H3,(H2,9,10,11). The molecule has 0 aliphatic rings. The molecule has 7 nitrogen and oxygen atoms in total. The van der Waals surface area contributed by atoms with Crippen molar-refractivity contribution in [2.45, 2.75) is 0 Å². The first-order chi connectivity index (χ1) is 7.33. The summed E-state index contributed by atoms with van der Waals surface area (Å²) < 4.78 is 6.62. The van der Waals surface area contributed by atoms with Gasteiger partial charge in [0.2, 0.25) is 0 Å². The van der Waals surface area contributed by atoms with Crippen molar-refractivity contribution in [3.63, 3.8) is 0 Å². The summed E-state index contributed by atoms with van der Waals surface area (Å²) >= 11 is 0. The minimum absolute atomic E-state index is 0.382. The van der Waals surface area contributed by atoms with Crippen LogP contribution in [-0.2, 0) is 4.74 Å². The van der Waals surface area contributed by atoms with Crippen molar-refractivity contribution in [2.75, 3.05) is 31.4 Å². The third-order valence-corrected chi connectivity index (χ3v) is 1.95. The van der Waals surface area contributed by atoms with Crippen molar-refractivity contribution < 1.29 is 4.74 Å². The molecule has 15 heavy (non-hydrogen) atoms. The summed E-state index contributed by atoms with van der Waals surface area (Å²) in [4.78, 5) is 12.0. The first-order valence-corrected chi connectivity index (χ1v) is 4.49. The lowest BCUT2D eigenvalue weighted by atomic mass is 10.5. The number of fused-ring (bicyclic) bond motifs is 1. The van der Waals surface area contributed by atoms with Crippen LogP contribution in [0, 0.1) is 0 Å². The van der Waals surface area contributed by atoms with E-state index in [1.165, 1.54) is 6.33 Å². The van der Waals surface area contributed by atoms with Gasteiger partial charge in [0.15, 0.2) is 17.0 Å². The van der Waals surface area contributed by atoms with E-state index in [0.29, 0.717) is 30.1 Å². The molecule has 0 saturated heterocycles. The van der Waals surface area contributed by atoms with Gasteiger partial charge in [-0.05, 0) is 0 Å². The molecule has 3 N–H and O–H groups in total. The number of hydrogen-bond donors (Lipinski definition) is 2. The van der Waals surface area contributed by atoms with Crippen molar-refractivity contribution in [2.24, 2.45) is 0 Å². The summed E-state index contributed by atoms with van der Waals surface area (Å²) in [7, 11) is 1.65. The van der Waals surface area contributed by atoms with Crippen LogP contribution in [0.5, 0.6) is 0 Å². The van der Waals surface area contributed by atoms with Gasteiger partial charge in [-0.2, -0.15) is 0 Å². The van der Waals surface area contributed by atoms with Gasteiger partial charge in [-0.15, -0.1) is 0 Å². The summed E-state index contributed by atoms with van der Waals surface area (Å²) in [5.74, 6) is 0.382. The largest absolute Gasteiger partial charge is 0.383 e. The van der Waals surface area contributed by atoms with E-state index in [4.69, 9.17) is 10.5 Å². The zero-order valence-corrected chi connectivity index (χ0v) is 8.34. The molecule has 0 saturated carbocycles. The van der Waals surface area contributed by atoms with Crippen molar-refractivity contribution >= 4 is 17.0 Å². The van der Waals surface area contributed by atoms with E-state index >= 15 is 0 Å². The summed E-state index contributed by atoms with van der Waals surface area (Å²) in [6, 6.07) is 0. The molecule has 0 aromatic carbocycles. The Bertz CT molecular complexity index is 453. The highest BCUT2D eigenvalue weighted by Gasteiger charge is 2.06. The first-order valence-electron chi connectivity index (χ1n) is 4.49. The number of nitrogens with two attached hydrogens (primary N) is 1. The first kappa shape index (κ1) is 9.66. The Balaban J connectivity index is 2.25. The van der Waals surface area contributed by atoms with E-state index in [1.807, 2.05) is 0 Å². The predicted molar refractivity (Wildman–Crippen MR) is 55.8 cm³/mol. The molecule has 0 aliphatic carbocycles. The Morgan fingerprint density at radius 2 is 2.33 bits per heavy atom. The van der Waals surface area contributed by atoms with Gasteiger partial charge in [0.1, 0.15) is 12.7 Å². The van der Waals surface area contributed by atoms with Crippen LogP contribution >= 0.6 is 0 Å². The summed E-state index contributed by atoms with van der Waals surface area (Å²) in [6.45, 7) is 1.28. The SMILES string of the molecule is COCCNn1cnc2c(N)ncnc21. The molecular weight excluding hydrogens is 196 g/mol. The average molecular weight is 208 g/mol. The van der Waals surface area contributed by atoms with Gasteiger partial charge < -0.3 is 15.9 Å². The topological polar surface area (TPSA) is 90.9 Å². The van der Waals surface area contributed by atoms with Crippen molar-refractivity contribution in [1.29, 1.82) is 0 Å². The molecule has 0 atom stereocenters. The molecule has 2 aromatic rings. The number of nitrogens with zero attached hydrogens (tertiary/aromatic N) is 4. The smallest absolute Gasteiger partial charge is 0.184 e. The predicted octanol–water partition coefficient (Wildman–Crippen LogP) is -0.402. The second-order valence-electron chi connectivity index (χ2n) is 2.95. The number of hydrogen-bond acceptors (Lipinski definition) is 6. The van der Waals surface area contributed by atoms with E-state index in [2.05, 4.69) is 20.4 Å². The van der Waals surface area contributed by atoms with Crippen LogP contribution in [0.25, 0.3) is 11.2 Å². The second-order valence-corrected chi connectivity index (χ2v) is 2.95. The fraction of sp³-hybridized carbons (Fsp3) is 0.375. The molecule has 0 unspecified atom stereocenters. The molecule has 0 bridgehead atoms. The van der Waals surface area contributed by atoms with E-state index < -0.39 is 0 Å². The number of rotatable bonds is 4. The lowest BCUT2D eigenvalue weighted by molar-refractivity contribution is 0.208. The molecule has 7 heteroatoms. The molecular formula is C8H12N6O. The van der Waals surface area contributed by atoms with Crippen LogP contribution in [0.4, 0.5) is 5.82 Å². The highest BCUT2D eigenvalue weighted by molar-refractivity contribution is 5.81. The van der Waals surface area contributed by atoms with Crippen LogP contribution in [0.1, 0.15) is 0 Å². The quantitative estimate of drug-likeness (QED) is 0.664. The van der Waals surface area contributed by atoms with Gasteiger partial charge in [0.25, 0.3) is 0 Å². The Labute approximate surface area is 86.3 Å². The number of aromatic nitrogens is 4. The maximum Gasteiger partial charge on any atom is 0.184 e. The fourth-order valence-electron chi connectivity index (χ4n) is 1.24. The number of nitrogens with one attached hydrogen (secondary N) is 1. The molecule has 2 heterocycles. The summed E-state index contributed by atoms with van der Waals surface area (Å²) in [5.41, 5.74) is 9.99. The summed E-state index contributed by atoms with van der Waals surface area (Å²) in [6.07, 6.45) is 3.03. The number of methoxy groups -OCH3 is 1. The van der Waals surface area contributed by atoms with Gasteiger partial charge in [-0.3, -0.25) is 0 Å². The van der Waals surface area contributed by atoms with Gasteiger partial charge in [-0.25, -0.2) is 19.6 Å². The Hall–Kier alpha value is -1.89. The number of ether oxygens (including phenoxy) is 1. The van der Waals surface area contributed by atoms with Crippen LogP contribution < -0.4 is 11.2 Å². The zero-order chi connectivity index (χ0) is 10.7. The number of nitrogen functional groups attached to an aromatic ring is 1. The Morgan fingerprint density at radius 3 is 3.13 bits per heavy atom. The van der Waals surface area contributed by atoms with Crippen molar-refractivity contribution in [3.05, 3.63) is 12.7 Å². The molecule has 0 spiro atoms. The normalized spacial score (nSPS) is 10.7. The van der Waals surface area contributed by atoms with E-state index in [1.54, 1.807) is 18.1 Å². The van der Waals surface area contributed by atoms with E-state index in [0.717, 1.165) is 0 Å². The minimum atomic E-state index is 0.382. The molecule has 0 aliphatic heterocycles. The third kappa shape index (κ3) is 1.82. The second kappa shape index (κ2) is 4.09. The molecule has 2 aromatic heterocycles. The average Bonchev–Trinajstić information content (AvgIpc) is 2.64. The van der Waals surface area contributed by atoms with Gasteiger partial charge >= 0.3 is 0 Å². The number of imidazole rings is 1. The lowest BCUT2D eigenvalue weighted by Gasteiger charge is -2.06. The van der Waals surface area contributed by atoms with Gasteiger partial charge in [0.05, 0.1) is 13.2 Å². The molecule has 80 valence electrons. The molecule has 0 amide bonds. The molecule has 0 fully saturated rings. The van der Waals surface area contributed by atoms with E-state index in [9.17, 15) is 0 Å². The lowest BCUT2D eigenvalue weighted by Crippen LogP contribution is -2.18. The van der Waals surface area contributed by atoms with Gasteiger partial charge in [-0.1, -0.05) is 0 Å². The Kier molecular flexibility index (Phi) is 2.64. The fourth-order valence-corrected chi connectivity index (χ4v) is 1.24. The van der Waals surface area contributed by atoms with Crippen molar-refractivity contribution in [3.8, 4) is 0 Å². The summed E-state index contributed by atoms with van der Waals surface area (Å²) in [5, 5.41) is 0. The monoisotopic (exact) mass is 208 g/mol. The molecule has 0 radical (unpaired) electrons. The zero-order valence-electron chi connectivity index (χ0n) is 8.34. The highest BCUT2D eigenvalue weighted by Crippen LogP contribution is 2.12. The van der Waals surface area contributed by atoms with Crippen molar-refractivity contribution in [1.82, 2.24) is 19.6 Å². The van der Waals surface area contributed by atoms with Crippen LogP contribution in [0.2, 0.25) is 0 Å². The Morgan fingerprint density at radius 1 is 1.47 bits per heavy atom. The highest BCUT2D eigenvalue weighted by atomic mass is 16.5. The molecule has 2 rings (SSSR count). The van der Waals surface area contributed by atoms with Crippen LogP contribution in [-0.4, -0.2) is 39.9 Å². The maximum atomic E-state index is 5.64. The number of anilines is 1. The maximum absolute atomic E-state index is 5.64. The van der Waals surface area contributed by atoms with E-state index in [-0.39, 0.29) is 0 Å². The minimum Gasteiger partial charge on any atom is -0.383 e. The van der Waals surface area contributed by atoms with Crippen LogP contribution in [0.15, 0.2) is 12.7 Å². The van der Waals surface area contributed by atoms with Crippen LogP contribution in [0.3, 0.4) is 0 Å². The van der Waals surface area contributed by atoms with Gasteiger partial charge in [0, 0.05) is 7.11 Å².